The fraction of sp³-hybridized carbons (Fsp3) is 0.165. The minimum absolute atomic E-state index is 0.0518. The maximum Gasteiger partial charge on any atom is 0.342 e. The van der Waals surface area contributed by atoms with Gasteiger partial charge in [0, 0.05) is 66.1 Å². The lowest BCUT2D eigenvalue weighted by Gasteiger charge is -2.24. The van der Waals surface area contributed by atoms with Crippen LogP contribution in [0.3, 0.4) is 0 Å². The quantitative estimate of drug-likeness (QED) is 0.00742. The molecule has 0 bridgehead atoms. The van der Waals surface area contributed by atoms with E-state index in [9.17, 15) is 68.3 Å². The van der Waals surface area contributed by atoms with Crippen LogP contribution in [0.2, 0.25) is 0 Å². The molecule has 13 aromatic rings. The minimum atomic E-state index is -3.79. The molecule has 4 heterocycles. The highest BCUT2D eigenvalue weighted by Crippen LogP contribution is 2.48. The average Bonchev–Trinajstić information content (AvgIpc) is 0.731. The topological polar surface area (TPSA) is 326 Å². The summed E-state index contributed by atoms with van der Waals surface area (Å²) in [7, 11) is -8.92. The predicted molar refractivity (Wildman–Crippen MR) is 542 cm³/mol. The summed E-state index contributed by atoms with van der Waals surface area (Å²) in [4.78, 5) is 105. The number of nitriles is 1. The first-order chi connectivity index (χ1) is 69.2. The fourth-order valence-corrected chi connectivity index (χ4v) is 23.7. The van der Waals surface area contributed by atoms with Gasteiger partial charge in [0.2, 0.25) is 41.1 Å². The fourth-order valence-electron chi connectivity index (χ4n) is 17.3. The van der Waals surface area contributed by atoms with Crippen molar-refractivity contribution in [2.75, 3.05) is 34.5 Å². The summed E-state index contributed by atoms with van der Waals surface area (Å²) in [5.74, 6) is -4.10. The number of carbonyl (C=O) groups is 7. The molecule has 13 aromatic carbocycles. The Hall–Kier alpha value is -16.8. The molecule has 0 aromatic heterocycles. The lowest BCUT2D eigenvalue weighted by Crippen LogP contribution is -2.24. The van der Waals surface area contributed by atoms with E-state index in [0.29, 0.717) is 109 Å². The van der Waals surface area contributed by atoms with E-state index >= 15 is 0 Å². The Balaban J connectivity index is 0.000000153. The van der Waals surface area contributed by atoms with Gasteiger partial charge in [-0.1, -0.05) is 321 Å². The van der Waals surface area contributed by atoms with Crippen LogP contribution in [0.25, 0.3) is 74.6 Å². The van der Waals surface area contributed by atoms with Gasteiger partial charge < -0.3 is 23.7 Å². The summed E-state index contributed by atoms with van der Waals surface area (Å²) in [5, 5.41) is 13.1. The van der Waals surface area contributed by atoms with Crippen LogP contribution in [0.1, 0.15) is 144 Å². The summed E-state index contributed by atoms with van der Waals surface area (Å²) in [6.07, 6.45) is 7.99. The first-order valence-electron chi connectivity index (χ1n) is 45.4. The Bertz CT molecular complexity index is 7810. The molecule has 0 amide bonds. The van der Waals surface area contributed by atoms with Crippen molar-refractivity contribution in [3.05, 3.63) is 438 Å². The van der Waals surface area contributed by atoms with Crippen LogP contribution >= 0.6 is 0 Å². The molecule has 0 aliphatic carbocycles. The second-order valence-electron chi connectivity index (χ2n) is 32.7. The van der Waals surface area contributed by atoms with Crippen LogP contribution in [-0.4, -0.2) is 105 Å². The normalized spacial score (nSPS) is 13.6. The second-order valence-corrected chi connectivity index (χ2v) is 39.8. The van der Waals surface area contributed by atoms with E-state index in [2.05, 4.69) is 51.8 Å². The van der Waals surface area contributed by atoms with E-state index in [-0.39, 0.29) is 99.5 Å². The number of ether oxygens (including phenoxy) is 5. The number of rotatable bonds is 21. The molecule has 17 rings (SSSR count). The van der Waals surface area contributed by atoms with E-state index in [1.54, 1.807) is 218 Å². The molecule has 4 aliphatic rings. The van der Waals surface area contributed by atoms with Crippen molar-refractivity contribution in [3.8, 4) is 6.07 Å². The Labute approximate surface area is 831 Å². The Morgan fingerprint density at radius 2 is 0.594 bits per heavy atom. The molecule has 4 aliphatic heterocycles. The standard InChI is InChI=1S/C36H42N2O4.C23H16O5S.C22H13NO3S.C17H11NO4S.C17H11NO3S/c1-7-11-17-25(9-3)23-41-35(39)33(37-5)31-27-19-13-15-21-29(27)32(30-22-16-14-20-28(30)31)34(38-6)36(40)42-24-26(10-4)18-12-8-2;1-28-23(25)21(22(24)15-9-3-2-4-10-15)20-16-11-5-7-13-18(16)29(26,27)19-14-8-6-12-17(19)20;23-14-18(22(24)15-8-2-1-3-9-15)21-16-10-4-6-12-19(16)27(25,26)20-13-7-5-11-17(20)21;1-18-16(17(19)22-2)15-11-7-3-5-9-13(11)23(20,21)14-10-6-4-8-12(14)15;1-18-16(17(19)21-2)15-11-7-3-5-9-13(11)22(20)14-10-6-4-8-12(14)15/h13-16,19-22,25-26H,7-12,17-18,23-24H2,1-4H3;2-14H,1H3;1-13H;3-10H,2H3;3-10H,2H3. The number of allylic oxidation sites excluding steroid dienone is 1. The van der Waals surface area contributed by atoms with Gasteiger partial charge in [-0.25, -0.2) is 53.6 Å². The lowest BCUT2D eigenvalue weighted by molar-refractivity contribution is -0.138. The molecule has 0 spiro atoms. The number of benzene rings is 13. The van der Waals surface area contributed by atoms with Crippen molar-refractivity contribution >= 4 is 137 Å². The molecular formula is C115H93N5O19S4. The summed E-state index contributed by atoms with van der Waals surface area (Å²) < 4.78 is 116. The van der Waals surface area contributed by atoms with Crippen molar-refractivity contribution in [2.45, 2.75) is 118 Å². The number of methoxy groups -OCH3 is 3. The first-order valence-corrected chi connectivity index (χ1v) is 51.0. The summed E-state index contributed by atoms with van der Waals surface area (Å²) in [5.41, 5.74) is 4.54. The van der Waals surface area contributed by atoms with Crippen LogP contribution in [0.4, 0.5) is 0 Å². The molecule has 0 saturated carbocycles. The minimum Gasteiger partial charge on any atom is -0.474 e. The van der Waals surface area contributed by atoms with Crippen molar-refractivity contribution in [1.82, 2.24) is 0 Å². The molecule has 2 atom stereocenters. The van der Waals surface area contributed by atoms with Crippen molar-refractivity contribution < 1.29 is 86.7 Å². The molecule has 0 radical (unpaired) electrons. The molecule has 24 nitrogen and oxygen atoms in total. The van der Waals surface area contributed by atoms with E-state index in [1.807, 2.05) is 54.6 Å². The smallest absolute Gasteiger partial charge is 0.342 e. The molecule has 143 heavy (non-hydrogen) atoms. The number of nitrogens with zero attached hydrogens (tertiary/aromatic N) is 5. The van der Waals surface area contributed by atoms with Gasteiger partial charge in [-0.3, -0.25) is 28.8 Å². The van der Waals surface area contributed by atoms with Crippen molar-refractivity contribution in [1.29, 1.82) is 5.26 Å². The number of ketones is 2. The molecule has 0 N–H and O–H groups in total. The molecule has 716 valence electrons. The third-order valence-electron chi connectivity index (χ3n) is 24.4. The number of Topliss-reactive ketones (excluding diaryl/α,β-unsaturated/α-hetero) is 2. The van der Waals surface area contributed by atoms with Gasteiger partial charge in [0.1, 0.15) is 17.2 Å². The van der Waals surface area contributed by atoms with Crippen molar-refractivity contribution in [3.63, 3.8) is 0 Å². The van der Waals surface area contributed by atoms with Gasteiger partial charge >= 0.3 is 29.8 Å². The molecule has 0 saturated heterocycles. The Morgan fingerprint density at radius 1 is 0.329 bits per heavy atom. The Kier molecular flexibility index (Phi) is 33.9. The molecule has 0 fully saturated rings. The zero-order valence-electron chi connectivity index (χ0n) is 78.7. The van der Waals surface area contributed by atoms with Crippen LogP contribution in [0, 0.1) is 49.5 Å². The van der Waals surface area contributed by atoms with Gasteiger partial charge in [-0.15, -0.1) is 0 Å². The number of hydrogen-bond donors (Lipinski definition) is 0. The van der Waals surface area contributed by atoms with E-state index in [1.165, 1.54) is 57.7 Å². The van der Waals surface area contributed by atoms with E-state index in [0.717, 1.165) is 51.4 Å². The van der Waals surface area contributed by atoms with Gasteiger partial charge in [-0.05, 0) is 117 Å². The average molecular weight is 1980 g/mol. The zero-order chi connectivity index (χ0) is 102. The summed E-state index contributed by atoms with van der Waals surface area (Å²) in [6.45, 7) is 39.6. The predicted octanol–water partition coefficient (Wildman–Crippen LogP) is 21.0. The second kappa shape index (κ2) is 46.8. The Morgan fingerprint density at radius 3 is 0.888 bits per heavy atom. The van der Waals surface area contributed by atoms with Gasteiger partial charge in [-0.2, -0.15) is 5.26 Å². The van der Waals surface area contributed by atoms with E-state index < -0.39 is 81.7 Å². The summed E-state index contributed by atoms with van der Waals surface area (Å²) in [6, 6.07) is 86.0. The molecular weight excluding hydrogens is 1880 g/mol. The molecule has 28 heteroatoms. The van der Waals surface area contributed by atoms with Crippen molar-refractivity contribution in [2.24, 2.45) is 11.8 Å². The van der Waals surface area contributed by atoms with Crippen LogP contribution in [0.15, 0.2) is 365 Å². The number of unbranched alkanes of at least 4 members (excludes halogenated alkanes) is 2. The largest absolute Gasteiger partial charge is 0.474 e. The maximum atomic E-state index is 13.4. The van der Waals surface area contributed by atoms with E-state index in [4.69, 9.17) is 45.2 Å². The number of hydrogen-bond acceptors (Lipinski definition) is 20. The van der Waals surface area contributed by atoms with Gasteiger partial charge in [0.25, 0.3) is 22.8 Å². The zero-order valence-corrected chi connectivity index (χ0v) is 82.0. The highest BCUT2D eigenvalue weighted by atomic mass is 32.2. The number of carbonyl (C=O) groups excluding carboxylic acids is 7. The highest BCUT2D eigenvalue weighted by molar-refractivity contribution is 7.92. The monoisotopic (exact) mass is 1980 g/mol. The maximum absolute atomic E-state index is 13.4. The SMILES string of the molecule is COC(=O)C(C(=O)c1ccccc1)=C1c2ccccc2S(=O)(=O)c2ccccc21.N#CC(C(=O)c1ccccc1)=C1c2ccccc2S(=O)(=O)c2ccccc21.[C-]#[N+]C(C(=O)OC)=C1c2ccccc2S(=O)(=O)c2ccccc21.[C-]#[N+]C(C(=O)OC)=C1c2ccccc2S(=O)c2ccccc21.[C-]#[N+]C(C(=O)OCC(CC)CCCC)=c1c2ccccc2c(=C([N+]#[C-])C(=O)OCC(CC)CCCC)c2ccccc12. The van der Waals surface area contributed by atoms with Crippen LogP contribution in [0.5, 0.6) is 0 Å². The van der Waals surface area contributed by atoms with Crippen LogP contribution in [-0.2, 0) is 88.0 Å². The summed E-state index contributed by atoms with van der Waals surface area (Å²) >= 11 is 0. The number of fused-ring (bicyclic) bond motifs is 10. The third kappa shape index (κ3) is 21.2. The van der Waals surface area contributed by atoms with Gasteiger partial charge in [0.05, 0.1) is 111 Å². The number of sulfone groups is 3. The number of esters is 5. The highest BCUT2D eigenvalue weighted by Gasteiger charge is 2.41. The van der Waals surface area contributed by atoms with Gasteiger partial charge in [0.15, 0.2) is 0 Å². The lowest BCUT2D eigenvalue weighted by atomic mass is 9.88. The molecule has 2 unspecified atom stereocenters. The third-order valence-corrected chi connectivity index (χ3v) is 31.5. The first kappa shape index (κ1) is 104. The van der Waals surface area contributed by atoms with Crippen LogP contribution < -0.4 is 10.4 Å².